The van der Waals surface area contributed by atoms with Crippen molar-refractivity contribution in [1.29, 1.82) is 0 Å². The highest BCUT2D eigenvalue weighted by Gasteiger charge is 2.42. The van der Waals surface area contributed by atoms with Gasteiger partial charge in [-0.15, -0.1) is 0 Å². The summed E-state index contributed by atoms with van der Waals surface area (Å²) in [6.45, 7) is 1.44. The molecule has 0 saturated carbocycles. The first-order valence-electron chi connectivity index (χ1n) is 9.91. The summed E-state index contributed by atoms with van der Waals surface area (Å²) >= 11 is 6.11. The number of amides is 1. The number of carbonyl (C=O) groups excluding carboxylic acids is 1. The average Bonchev–Trinajstić information content (AvgIpc) is 3.01. The molecule has 7 heteroatoms. The zero-order valence-electron chi connectivity index (χ0n) is 17.2. The Kier molecular flexibility index (Phi) is 5.54. The number of rotatable bonds is 6. The van der Waals surface area contributed by atoms with Crippen LogP contribution < -0.4 is 15.1 Å². The van der Waals surface area contributed by atoms with Crippen LogP contribution in [0, 0.1) is 0 Å². The second-order valence-electron chi connectivity index (χ2n) is 7.80. The Morgan fingerprint density at radius 1 is 1.13 bits per heavy atom. The maximum atomic E-state index is 13.4. The zero-order valence-corrected chi connectivity index (χ0v) is 18.0. The number of ether oxygens (including phenoxy) is 1. The second-order valence-corrected chi connectivity index (χ2v) is 8.24. The molecule has 1 N–H and O–H groups in total. The van der Waals surface area contributed by atoms with E-state index < -0.39 is 6.04 Å². The molecule has 0 radical (unpaired) electrons. The third-order valence-electron chi connectivity index (χ3n) is 5.44. The largest absolute Gasteiger partial charge is 0.497 e. The number of carbonyl (C=O) groups is 1. The summed E-state index contributed by atoms with van der Waals surface area (Å²) in [5.74, 6) is 0.574. The van der Waals surface area contributed by atoms with E-state index in [1.807, 2.05) is 24.3 Å². The minimum absolute atomic E-state index is 0.118. The zero-order chi connectivity index (χ0) is 21.4. The molecule has 2 aromatic carbocycles. The van der Waals surface area contributed by atoms with Gasteiger partial charge in [0.15, 0.2) is 5.43 Å². The van der Waals surface area contributed by atoms with Crippen LogP contribution >= 0.6 is 11.6 Å². The topological polar surface area (TPSA) is 64.2 Å². The van der Waals surface area contributed by atoms with Gasteiger partial charge in [0.05, 0.1) is 44.7 Å². The molecule has 0 aliphatic carbocycles. The van der Waals surface area contributed by atoms with Crippen LogP contribution in [0.2, 0.25) is 5.02 Å². The van der Waals surface area contributed by atoms with Gasteiger partial charge in [0, 0.05) is 18.0 Å². The number of hydrogen-bond acceptors (Lipinski definition) is 4. The van der Waals surface area contributed by atoms with Gasteiger partial charge in [-0.05, 0) is 35.9 Å². The van der Waals surface area contributed by atoms with Crippen molar-refractivity contribution >= 4 is 28.5 Å². The van der Waals surface area contributed by atoms with Gasteiger partial charge in [0.25, 0.3) is 5.91 Å². The number of benzene rings is 2. The van der Waals surface area contributed by atoms with E-state index in [-0.39, 0.29) is 17.1 Å². The van der Waals surface area contributed by atoms with Gasteiger partial charge < -0.3 is 19.0 Å². The van der Waals surface area contributed by atoms with E-state index in [9.17, 15) is 9.59 Å². The first kappa shape index (κ1) is 20.4. The molecule has 156 valence electrons. The predicted octanol–water partition coefficient (Wildman–Crippen LogP) is 2.53. The van der Waals surface area contributed by atoms with Gasteiger partial charge in [-0.3, -0.25) is 9.59 Å². The molecule has 6 nitrogen and oxygen atoms in total. The first-order valence-corrected chi connectivity index (χ1v) is 10.3. The second kappa shape index (κ2) is 8.13. The van der Waals surface area contributed by atoms with Crippen molar-refractivity contribution in [3.05, 3.63) is 74.6 Å². The molecule has 1 aliphatic heterocycles. The van der Waals surface area contributed by atoms with Gasteiger partial charge in [0.1, 0.15) is 11.3 Å². The average molecular weight is 428 g/mol. The number of hydrogen-bond donors (Lipinski definition) is 1. The van der Waals surface area contributed by atoms with Crippen LogP contribution in [0.1, 0.15) is 34.1 Å². The third-order valence-corrected chi connectivity index (χ3v) is 5.67. The van der Waals surface area contributed by atoms with E-state index in [4.69, 9.17) is 20.8 Å². The van der Waals surface area contributed by atoms with E-state index >= 15 is 0 Å². The monoisotopic (exact) mass is 427 g/mol. The summed E-state index contributed by atoms with van der Waals surface area (Å²) in [5, 5.41) is 0.832. The summed E-state index contributed by atoms with van der Waals surface area (Å²) < 4.78 is 11.2. The molecule has 1 atom stereocenters. The Balaban J connectivity index is 1.86. The van der Waals surface area contributed by atoms with Gasteiger partial charge in [-0.25, -0.2) is 0 Å². The van der Waals surface area contributed by atoms with Crippen LogP contribution in [-0.2, 0) is 0 Å². The number of nitrogens with zero attached hydrogens (tertiary/aromatic N) is 1. The fourth-order valence-corrected chi connectivity index (χ4v) is 4.13. The molecule has 3 aromatic rings. The van der Waals surface area contributed by atoms with Gasteiger partial charge in [0.2, 0.25) is 5.76 Å². The molecule has 2 heterocycles. The molecule has 0 saturated heterocycles. The number of quaternary nitrogens is 1. The lowest BCUT2D eigenvalue weighted by atomic mass is 9.98. The van der Waals surface area contributed by atoms with Crippen molar-refractivity contribution in [1.82, 2.24) is 4.90 Å². The highest BCUT2D eigenvalue weighted by Crippen LogP contribution is 2.38. The van der Waals surface area contributed by atoms with Crippen LogP contribution in [0.25, 0.3) is 11.0 Å². The number of fused-ring (bicyclic) bond motifs is 2. The van der Waals surface area contributed by atoms with Crippen molar-refractivity contribution in [2.75, 3.05) is 34.3 Å². The minimum Gasteiger partial charge on any atom is -0.497 e. The molecule has 0 spiro atoms. The van der Waals surface area contributed by atoms with Crippen molar-refractivity contribution in [2.45, 2.75) is 12.5 Å². The quantitative estimate of drug-likeness (QED) is 0.656. The van der Waals surface area contributed by atoms with Gasteiger partial charge in [-0.2, -0.15) is 0 Å². The predicted molar refractivity (Wildman–Crippen MR) is 116 cm³/mol. The lowest BCUT2D eigenvalue weighted by Gasteiger charge is -2.25. The van der Waals surface area contributed by atoms with E-state index in [1.165, 1.54) is 4.90 Å². The molecular weight excluding hydrogens is 404 g/mol. The molecule has 30 heavy (non-hydrogen) atoms. The first-order chi connectivity index (χ1) is 14.4. The summed E-state index contributed by atoms with van der Waals surface area (Å²) in [4.78, 5) is 29.7. The number of methoxy groups -OCH3 is 1. The Bertz CT molecular complexity index is 1150. The third kappa shape index (κ3) is 3.57. The summed E-state index contributed by atoms with van der Waals surface area (Å²) in [7, 11) is 5.75. The number of nitrogens with one attached hydrogen (secondary N) is 1. The Labute approximate surface area is 179 Å². The van der Waals surface area contributed by atoms with Crippen molar-refractivity contribution in [2.24, 2.45) is 0 Å². The van der Waals surface area contributed by atoms with Crippen LogP contribution in [0.4, 0.5) is 0 Å². The molecule has 1 aliphatic rings. The van der Waals surface area contributed by atoms with E-state index in [1.54, 1.807) is 30.2 Å². The lowest BCUT2D eigenvalue weighted by Crippen LogP contribution is -3.05. The van der Waals surface area contributed by atoms with Gasteiger partial charge in [-0.1, -0.05) is 23.7 Å². The minimum atomic E-state index is -0.504. The van der Waals surface area contributed by atoms with E-state index in [0.717, 1.165) is 18.5 Å². The highest BCUT2D eigenvalue weighted by molar-refractivity contribution is 6.31. The molecule has 1 amide bonds. The molecular formula is C23H24ClN2O4+. The van der Waals surface area contributed by atoms with Gasteiger partial charge >= 0.3 is 0 Å². The van der Waals surface area contributed by atoms with Crippen molar-refractivity contribution < 1.29 is 18.8 Å². The maximum Gasteiger partial charge on any atom is 0.290 e. The molecule has 0 bridgehead atoms. The summed E-state index contributed by atoms with van der Waals surface area (Å²) in [6.07, 6.45) is 0.814. The van der Waals surface area contributed by atoms with Crippen LogP contribution in [0.5, 0.6) is 5.75 Å². The molecule has 1 aromatic heterocycles. The van der Waals surface area contributed by atoms with E-state index in [0.29, 0.717) is 33.8 Å². The Morgan fingerprint density at radius 3 is 2.53 bits per heavy atom. The van der Waals surface area contributed by atoms with Crippen molar-refractivity contribution in [3.63, 3.8) is 0 Å². The van der Waals surface area contributed by atoms with Crippen LogP contribution in [-0.4, -0.2) is 45.1 Å². The maximum absolute atomic E-state index is 13.4. The number of halogens is 1. The normalized spacial score (nSPS) is 15.8. The molecule has 0 unspecified atom stereocenters. The summed E-state index contributed by atoms with van der Waals surface area (Å²) in [5.41, 5.74) is 1.36. The lowest BCUT2D eigenvalue weighted by molar-refractivity contribution is -0.858. The Morgan fingerprint density at radius 2 is 1.87 bits per heavy atom. The SMILES string of the molecule is COc1ccc([C@@H]2c3c(oc4ccc(Cl)cc4c3=O)C(=O)N2CCC[NH+](C)C)cc1. The van der Waals surface area contributed by atoms with E-state index in [2.05, 4.69) is 14.1 Å². The standard InChI is InChI=1S/C23H23ClN2O4/c1-25(2)11-4-12-26-20(14-5-8-16(29-3)9-6-14)19-21(27)17-13-15(24)7-10-18(17)30-22(19)23(26)28/h5-10,13,20H,4,11-12H2,1-3H3/p+1/t20-/m1/s1. The summed E-state index contributed by atoms with van der Waals surface area (Å²) in [6, 6.07) is 11.8. The molecule has 0 fully saturated rings. The van der Waals surface area contributed by atoms with Crippen molar-refractivity contribution in [3.8, 4) is 5.75 Å². The van der Waals surface area contributed by atoms with Crippen LogP contribution in [0.15, 0.2) is 51.7 Å². The fraction of sp³-hybridized carbons (Fsp3) is 0.304. The fourth-order valence-electron chi connectivity index (χ4n) is 3.96. The Hall–Kier alpha value is -2.83. The van der Waals surface area contributed by atoms with Crippen LogP contribution in [0.3, 0.4) is 0 Å². The highest BCUT2D eigenvalue weighted by atomic mass is 35.5. The smallest absolute Gasteiger partial charge is 0.290 e. The molecule has 4 rings (SSSR count).